The first-order valence-corrected chi connectivity index (χ1v) is 11.4. The molecule has 0 bridgehead atoms. The summed E-state index contributed by atoms with van der Waals surface area (Å²) >= 11 is 0. The minimum atomic E-state index is -1.42. The molecule has 0 saturated carbocycles. The molecular formula is C27H38N2O4. The molecular weight excluding hydrogens is 416 g/mol. The molecule has 180 valence electrons. The second-order valence-corrected chi connectivity index (χ2v) is 10.4. The normalized spacial score (nSPS) is 14.3. The van der Waals surface area contributed by atoms with Gasteiger partial charge in [0.1, 0.15) is 5.41 Å². The van der Waals surface area contributed by atoms with Crippen molar-refractivity contribution in [1.82, 2.24) is 10.6 Å². The maximum absolute atomic E-state index is 13.2. The van der Waals surface area contributed by atoms with E-state index in [1.165, 1.54) is 0 Å². The highest BCUT2D eigenvalue weighted by molar-refractivity contribution is 6.04. The summed E-state index contributed by atoms with van der Waals surface area (Å²) in [6.07, 6.45) is 0.849. The minimum Gasteiger partial charge on any atom is -0.388 e. The van der Waals surface area contributed by atoms with Crippen molar-refractivity contribution in [2.75, 3.05) is 0 Å². The summed E-state index contributed by atoms with van der Waals surface area (Å²) in [5, 5.41) is 27.1. The molecule has 6 nitrogen and oxygen atoms in total. The molecule has 0 aliphatic heterocycles. The van der Waals surface area contributed by atoms with Crippen LogP contribution in [-0.4, -0.2) is 45.3 Å². The molecule has 2 aromatic carbocycles. The molecule has 0 unspecified atom stereocenters. The van der Waals surface area contributed by atoms with Crippen molar-refractivity contribution >= 4 is 11.8 Å². The molecule has 2 aromatic rings. The van der Waals surface area contributed by atoms with Crippen molar-refractivity contribution in [3.63, 3.8) is 0 Å². The van der Waals surface area contributed by atoms with Crippen LogP contribution in [0.25, 0.3) is 0 Å². The van der Waals surface area contributed by atoms with E-state index < -0.39 is 40.5 Å². The predicted octanol–water partition coefficient (Wildman–Crippen LogP) is 3.01. The lowest BCUT2D eigenvalue weighted by atomic mass is 9.86. The Kier molecular flexibility index (Phi) is 8.44. The van der Waals surface area contributed by atoms with Crippen LogP contribution in [0.2, 0.25) is 0 Å². The van der Waals surface area contributed by atoms with E-state index in [0.717, 1.165) is 11.1 Å². The number of nitrogens with one attached hydrogen (secondary N) is 2. The third kappa shape index (κ3) is 7.69. The molecule has 0 saturated heterocycles. The summed E-state index contributed by atoms with van der Waals surface area (Å²) in [6, 6.07) is 18.0. The first-order chi connectivity index (χ1) is 15.2. The van der Waals surface area contributed by atoms with Gasteiger partial charge >= 0.3 is 0 Å². The van der Waals surface area contributed by atoms with Crippen LogP contribution < -0.4 is 10.6 Å². The molecule has 0 radical (unpaired) electrons. The van der Waals surface area contributed by atoms with Gasteiger partial charge in [0.05, 0.1) is 23.3 Å². The summed E-state index contributed by atoms with van der Waals surface area (Å²) in [6.45, 7) is 9.64. The van der Waals surface area contributed by atoms with Crippen molar-refractivity contribution in [1.29, 1.82) is 0 Å². The van der Waals surface area contributed by atoms with E-state index in [4.69, 9.17) is 0 Å². The highest BCUT2D eigenvalue weighted by atomic mass is 16.3. The van der Waals surface area contributed by atoms with Crippen molar-refractivity contribution in [3.8, 4) is 0 Å². The van der Waals surface area contributed by atoms with Gasteiger partial charge in [-0.3, -0.25) is 9.59 Å². The zero-order valence-corrected chi connectivity index (χ0v) is 20.6. The van der Waals surface area contributed by atoms with E-state index in [1.807, 2.05) is 60.7 Å². The van der Waals surface area contributed by atoms with Crippen LogP contribution in [-0.2, 0) is 22.4 Å². The van der Waals surface area contributed by atoms with Crippen LogP contribution in [0.5, 0.6) is 0 Å². The fourth-order valence-electron chi connectivity index (χ4n) is 3.43. The van der Waals surface area contributed by atoms with Gasteiger partial charge in [0.25, 0.3) is 0 Å². The van der Waals surface area contributed by atoms with Gasteiger partial charge in [0, 0.05) is 0 Å². The maximum atomic E-state index is 13.2. The summed E-state index contributed by atoms with van der Waals surface area (Å²) in [5.41, 5.74) is -1.86. The summed E-state index contributed by atoms with van der Waals surface area (Å²) < 4.78 is 0. The Morgan fingerprint density at radius 3 is 1.24 bits per heavy atom. The molecule has 33 heavy (non-hydrogen) atoms. The number of rotatable bonds is 10. The van der Waals surface area contributed by atoms with Gasteiger partial charge in [-0.15, -0.1) is 0 Å². The smallest absolute Gasteiger partial charge is 0.235 e. The van der Waals surface area contributed by atoms with E-state index in [-0.39, 0.29) is 0 Å². The molecule has 0 spiro atoms. The number of amides is 2. The number of benzene rings is 2. The minimum absolute atomic E-state index is 0.425. The SMILES string of the molecule is CC(C)(C(=O)N[C@H](Cc1ccccc1)C(C)(C)O)C(=O)N[C@H](Cc1ccccc1)C(C)(C)O. The monoisotopic (exact) mass is 454 g/mol. The van der Waals surface area contributed by atoms with E-state index in [1.54, 1.807) is 41.5 Å². The Labute approximate surface area is 197 Å². The van der Waals surface area contributed by atoms with Crippen LogP contribution in [0.3, 0.4) is 0 Å². The van der Waals surface area contributed by atoms with Gasteiger partial charge < -0.3 is 20.8 Å². The second-order valence-electron chi connectivity index (χ2n) is 10.4. The van der Waals surface area contributed by atoms with Gasteiger partial charge in [-0.2, -0.15) is 0 Å². The lowest BCUT2D eigenvalue weighted by Crippen LogP contribution is -2.59. The first kappa shape index (κ1) is 26.6. The van der Waals surface area contributed by atoms with Crippen molar-refractivity contribution in [3.05, 3.63) is 71.8 Å². The second kappa shape index (κ2) is 10.5. The third-order valence-corrected chi connectivity index (χ3v) is 6.02. The zero-order valence-electron chi connectivity index (χ0n) is 20.6. The number of aliphatic hydroxyl groups is 2. The van der Waals surface area contributed by atoms with Crippen LogP contribution in [0.15, 0.2) is 60.7 Å². The molecule has 2 rings (SSSR count). The van der Waals surface area contributed by atoms with Gasteiger partial charge in [-0.1, -0.05) is 60.7 Å². The highest BCUT2D eigenvalue weighted by Crippen LogP contribution is 2.22. The van der Waals surface area contributed by atoms with E-state index >= 15 is 0 Å². The number of carbonyl (C=O) groups excluding carboxylic acids is 2. The Morgan fingerprint density at radius 1 is 0.667 bits per heavy atom. The van der Waals surface area contributed by atoms with Gasteiger partial charge in [0.2, 0.25) is 11.8 Å². The van der Waals surface area contributed by atoms with Crippen molar-refractivity contribution in [2.45, 2.75) is 77.7 Å². The van der Waals surface area contributed by atoms with Crippen LogP contribution >= 0.6 is 0 Å². The van der Waals surface area contributed by atoms with Gasteiger partial charge in [-0.05, 0) is 65.5 Å². The third-order valence-electron chi connectivity index (χ3n) is 6.02. The largest absolute Gasteiger partial charge is 0.388 e. The number of hydrogen-bond donors (Lipinski definition) is 4. The van der Waals surface area contributed by atoms with Crippen molar-refractivity contribution < 1.29 is 19.8 Å². The lowest BCUT2D eigenvalue weighted by Gasteiger charge is -2.35. The van der Waals surface area contributed by atoms with Gasteiger partial charge in [0.15, 0.2) is 0 Å². The molecule has 4 N–H and O–H groups in total. The Morgan fingerprint density at radius 2 is 0.970 bits per heavy atom. The summed E-state index contributed by atoms with van der Waals surface area (Å²) in [7, 11) is 0. The Balaban J connectivity index is 2.15. The van der Waals surface area contributed by atoms with Crippen molar-refractivity contribution in [2.24, 2.45) is 5.41 Å². The fraction of sp³-hybridized carbons (Fsp3) is 0.481. The zero-order chi connectivity index (χ0) is 24.9. The molecule has 0 aromatic heterocycles. The number of hydrogen-bond acceptors (Lipinski definition) is 4. The van der Waals surface area contributed by atoms with E-state index in [0.29, 0.717) is 12.8 Å². The predicted molar refractivity (Wildman–Crippen MR) is 131 cm³/mol. The summed E-state index contributed by atoms with van der Waals surface area (Å²) in [5.74, 6) is -0.977. The molecule has 0 fully saturated rings. The fourth-order valence-corrected chi connectivity index (χ4v) is 3.43. The quantitative estimate of drug-likeness (QED) is 0.415. The van der Waals surface area contributed by atoms with E-state index in [9.17, 15) is 19.8 Å². The highest BCUT2D eigenvalue weighted by Gasteiger charge is 2.41. The average Bonchev–Trinajstić information content (AvgIpc) is 2.72. The molecule has 2 atom stereocenters. The molecule has 6 heteroatoms. The Bertz CT molecular complexity index is 837. The van der Waals surface area contributed by atoms with Gasteiger partial charge in [-0.25, -0.2) is 0 Å². The Hall–Kier alpha value is -2.70. The molecule has 0 aliphatic carbocycles. The topological polar surface area (TPSA) is 98.7 Å². The van der Waals surface area contributed by atoms with Crippen LogP contribution in [0, 0.1) is 5.41 Å². The number of carbonyl (C=O) groups is 2. The molecule has 0 aliphatic rings. The van der Waals surface area contributed by atoms with E-state index in [2.05, 4.69) is 10.6 Å². The molecule has 2 amide bonds. The average molecular weight is 455 g/mol. The molecule has 0 heterocycles. The van der Waals surface area contributed by atoms with Crippen LogP contribution in [0.1, 0.15) is 52.7 Å². The maximum Gasteiger partial charge on any atom is 0.235 e. The van der Waals surface area contributed by atoms with Crippen LogP contribution in [0.4, 0.5) is 0 Å². The lowest BCUT2D eigenvalue weighted by molar-refractivity contribution is -0.144. The summed E-state index contributed by atoms with van der Waals surface area (Å²) in [4.78, 5) is 26.4. The first-order valence-electron chi connectivity index (χ1n) is 11.4. The standard InChI is InChI=1S/C27H38N2O4/c1-25(2,23(30)28-21(26(3,4)32)17-19-13-9-7-10-14-19)24(31)29-22(27(5,6)33)18-20-15-11-8-12-16-20/h7-16,21-22,32-33H,17-18H2,1-6H3,(H,28,30)(H,29,31)/t21-,22-/m1/s1.